The second-order valence-corrected chi connectivity index (χ2v) is 7.15. The van der Waals surface area contributed by atoms with Crippen LogP contribution in [0.2, 0.25) is 0 Å². The average Bonchev–Trinajstić information content (AvgIpc) is 3.19. The predicted molar refractivity (Wildman–Crippen MR) is 96.3 cm³/mol. The molecule has 1 aliphatic rings. The number of hydrogen-bond donors (Lipinski definition) is 1. The van der Waals surface area contributed by atoms with Gasteiger partial charge < -0.3 is 14.6 Å². The second kappa shape index (κ2) is 6.86. The molecule has 6 nitrogen and oxygen atoms in total. The molecular weight excluding hydrogens is 316 g/mol. The highest BCUT2D eigenvalue weighted by Gasteiger charge is 2.32. The van der Waals surface area contributed by atoms with Crippen molar-refractivity contribution < 1.29 is 9.59 Å². The minimum Gasteiger partial charge on any atom is -0.348 e. The number of carbonyl (C=O) groups excluding carboxylic acids is 2. The first-order chi connectivity index (χ1) is 11.9. The van der Waals surface area contributed by atoms with Gasteiger partial charge in [0, 0.05) is 25.7 Å². The van der Waals surface area contributed by atoms with Gasteiger partial charge in [0.05, 0.1) is 11.6 Å². The minimum absolute atomic E-state index is 0.0506. The highest BCUT2D eigenvalue weighted by atomic mass is 16.2. The van der Waals surface area contributed by atoms with Crippen LogP contribution in [-0.2, 0) is 4.79 Å². The summed E-state index contributed by atoms with van der Waals surface area (Å²) in [4.78, 5) is 31.2. The minimum atomic E-state index is -0.163. The number of pyridine rings is 1. The van der Waals surface area contributed by atoms with Crippen LogP contribution in [0.5, 0.6) is 0 Å². The number of fused-ring (bicyclic) bond motifs is 1. The molecular formula is C19H26N4O2. The summed E-state index contributed by atoms with van der Waals surface area (Å²) in [6.45, 7) is 8.48. The largest absolute Gasteiger partial charge is 0.348 e. The number of imidazole rings is 1. The zero-order chi connectivity index (χ0) is 18.1. The van der Waals surface area contributed by atoms with Crippen molar-refractivity contribution in [2.45, 2.75) is 52.6 Å². The monoisotopic (exact) mass is 342 g/mol. The molecule has 2 aromatic rings. The fraction of sp³-hybridized carbons (Fsp3) is 0.526. The van der Waals surface area contributed by atoms with E-state index in [1.54, 1.807) is 6.92 Å². The second-order valence-electron chi connectivity index (χ2n) is 7.15. The lowest BCUT2D eigenvalue weighted by atomic mass is 10.1. The normalized spacial score (nSPS) is 18.8. The third-order valence-corrected chi connectivity index (χ3v) is 5.10. The van der Waals surface area contributed by atoms with Crippen LogP contribution in [0.15, 0.2) is 24.4 Å². The third kappa shape index (κ3) is 3.25. The fourth-order valence-electron chi connectivity index (χ4n) is 3.32. The Kier molecular flexibility index (Phi) is 4.79. The van der Waals surface area contributed by atoms with Gasteiger partial charge in [-0.25, -0.2) is 4.98 Å². The van der Waals surface area contributed by atoms with Crippen LogP contribution < -0.4 is 5.32 Å². The maximum absolute atomic E-state index is 12.7. The Bertz CT molecular complexity index is 796. The number of aromatic nitrogens is 2. The van der Waals surface area contributed by atoms with E-state index in [2.05, 4.69) is 24.1 Å². The van der Waals surface area contributed by atoms with Crippen molar-refractivity contribution in [2.24, 2.45) is 5.92 Å². The molecule has 2 amide bonds. The first-order valence-electron chi connectivity index (χ1n) is 8.95. The van der Waals surface area contributed by atoms with E-state index < -0.39 is 0 Å². The fourth-order valence-corrected chi connectivity index (χ4v) is 3.32. The molecule has 3 heterocycles. The first-order valence-corrected chi connectivity index (χ1v) is 8.95. The standard InChI is InChI=1S/C19H26N4O2/c1-12(2)13(3)20-19(25)17-15-8-5-6-10-23(15)18(21-17)16-9-7-11-22(16)14(4)24/h5-6,8,10,12-13,16H,7,9,11H2,1-4H3,(H,20,25)/t13-,16-/m0/s1. The van der Waals surface area contributed by atoms with E-state index in [1.165, 1.54) is 0 Å². The Labute approximate surface area is 148 Å². The summed E-state index contributed by atoms with van der Waals surface area (Å²) >= 11 is 0. The van der Waals surface area contributed by atoms with Gasteiger partial charge in [-0.3, -0.25) is 9.59 Å². The van der Waals surface area contributed by atoms with Crippen LogP contribution in [-0.4, -0.2) is 38.7 Å². The molecule has 2 atom stereocenters. The van der Waals surface area contributed by atoms with Gasteiger partial charge >= 0.3 is 0 Å². The van der Waals surface area contributed by atoms with Gasteiger partial charge in [0.15, 0.2) is 5.69 Å². The molecule has 1 aliphatic heterocycles. The summed E-state index contributed by atoms with van der Waals surface area (Å²) in [6.07, 6.45) is 3.74. The van der Waals surface area contributed by atoms with Gasteiger partial charge in [0.2, 0.25) is 5.91 Å². The SMILES string of the molecule is CC(=O)N1CCC[C@H]1c1nc(C(=O)N[C@@H](C)C(C)C)c2ccccn12. The van der Waals surface area contributed by atoms with Crippen molar-refractivity contribution in [3.63, 3.8) is 0 Å². The summed E-state index contributed by atoms with van der Waals surface area (Å²) in [5.74, 6) is 1.00. The number of rotatable bonds is 4. The quantitative estimate of drug-likeness (QED) is 0.929. The van der Waals surface area contributed by atoms with Crippen molar-refractivity contribution >= 4 is 17.3 Å². The highest BCUT2D eigenvalue weighted by molar-refractivity contribution is 5.99. The highest BCUT2D eigenvalue weighted by Crippen LogP contribution is 2.32. The van der Waals surface area contributed by atoms with E-state index in [0.29, 0.717) is 11.6 Å². The lowest BCUT2D eigenvalue weighted by molar-refractivity contribution is -0.129. The van der Waals surface area contributed by atoms with Crippen molar-refractivity contribution in [1.29, 1.82) is 0 Å². The summed E-state index contributed by atoms with van der Waals surface area (Å²) < 4.78 is 1.95. The number of hydrogen-bond acceptors (Lipinski definition) is 3. The molecule has 2 aromatic heterocycles. The summed E-state index contributed by atoms with van der Waals surface area (Å²) in [7, 11) is 0. The molecule has 0 radical (unpaired) electrons. The van der Waals surface area contributed by atoms with E-state index >= 15 is 0 Å². The van der Waals surface area contributed by atoms with Crippen LogP contribution in [0, 0.1) is 5.92 Å². The van der Waals surface area contributed by atoms with Gasteiger partial charge in [-0.15, -0.1) is 0 Å². The van der Waals surface area contributed by atoms with Gasteiger partial charge in [0.1, 0.15) is 5.82 Å². The molecule has 1 fully saturated rings. The zero-order valence-electron chi connectivity index (χ0n) is 15.3. The maximum Gasteiger partial charge on any atom is 0.272 e. The molecule has 0 bridgehead atoms. The van der Waals surface area contributed by atoms with Crippen LogP contribution in [0.25, 0.3) is 5.52 Å². The number of nitrogens with one attached hydrogen (secondary N) is 1. The Morgan fingerprint density at radius 3 is 2.72 bits per heavy atom. The van der Waals surface area contributed by atoms with E-state index in [1.807, 2.05) is 40.6 Å². The third-order valence-electron chi connectivity index (χ3n) is 5.10. The van der Waals surface area contributed by atoms with Crippen molar-refractivity contribution in [3.8, 4) is 0 Å². The number of carbonyl (C=O) groups is 2. The van der Waals surface area contributed by atoms with E-state index in [-0.39, 0.29) is 23.9 Å². The van der Waals surface area contributed by atoms with Crippen LogP contribution >= 0.6 is 0 Å². The average molecular weight is 342 g/mol. The maximum atomic E-state index is 12.7. The van der Waals surface area contributed by atoms with Gasteiger partial charge in [-0.1, -0.05) is 19.9 Å². The van der Waals surface area contributed by atoms with Crippen LogP contribution in [0.1, 0.15) is 62.9 Å². The molecule has 0 unspecified atom stereocenters. The Hall–Kier alpha value is -2.37. The summed E-state index contributed by atoms with van der Waals surface area (Å²) in [5, 5.41) is 3.03. The first kappa shape index (κ1) is 17.5. The molecule has 25 heavy (non-hydrogen) atoms. The smallest absolute Gasteiger partial charge is 0.272 e. The van der Waals surface area contributed by atoms with Gasteiger partial charge in [0.25, 0.3) is 5.91 Å². The molecule has 134 valence electrons. The number of nitrogens with zero attached hydrogens (tertiary/aromatic N) is 3. The van der Waals surface area contributed by atoms with E-state index in [9.17, 15) is 9.59 Å². The van der Waals surface area contributed by atoms with Crippen LogP contribution in [0.4, 0.5) is 0 Å². The topological polar surface area (TPSA) is 66.7 Å². The summed E-state index contributed by atoms with van der Waals surface area (Å²) in [6, 6.07) is 5.72. The molecule has 1 saturated heterocycles. The summed E-state index contributed by atoms with van der Waals surface area (Å²) in [5.41, 5.74) is 1.21. The molecule has 0 aromatic carbocycles. The molecule has 0 aliphatic carbocycles. The molecule has 0 spiro atoms. The molecule has 0 saturated carbocycles. The van der Waals surface area contributed by atoms with Gasteiger partial charge in [-0.2, -0.15) is 0 Å². The lowest BCUT2D eigenvalue weighted by Gasteiger charge is -2.22. The van der Waals surface area contributed by atoms with Crippen molar-refractivity contribution in [3.05, 3.63) is 35.9 Å². The van der Waals surface area contributed by atoms with E-state index in [0.717, 1.165) is 30.7 Å². The number of amides is 2. The predicted octanol–water partition coefficient (Wildman–Crippen LogP) is 2.79. The van der Waals surface area contributed by atoms with Crippen molar-refractivity contribution in [1.82, 2.24) is 19.6 Å². The Balaban J connectivity index is 2.01. The van der Waals surface area contributed by atoms with Gasteiger partial charge in [-0.05, 0) is 37.8 Å². The molecule has 1 N–H and O–H groups in total. The zero-order valence-corrected chi connectivity index (χ0v) is 15.3. The number of likely N-dealkylation sites (tertiary alicyclic amines) is 1. The Morgan fingerprint density at radius 2 is 2.04 bits per heavy atom. The lowest BCUT2D eigenvalue weighted by Crippen LogP contribution is -2.36. The molecule has 6 heteroatoms. The molecule has 3 rings (SSSR count). The Morgan fingerprint density at radius 1 is 1.28 bits per heavy atom. The van der Waals surface area contributed by atoms with E-state index in [4.69, 9.17) is 0 Å². The van der Waals surface area contributed by atoms with Crippen molar-refractivity contribution in [2.75, 3.05) is 6.54 Å². The van der Waals surface area contributed by atoms with Crippen LogP contribution in [0.3, 0.4) is 0 Å².